The van der Waals surface area contributed by atoms with Crippen LogP contribution in [0.25, 0.3) is 5.65 Å². The molecule has 2 aromatic heterocycles. The van der Waals surface area contributed by atoms with E-state index in [-0.39, 0.29) is 55.4 Å². The molecule has 1 fully saturated rings. The van der Waals surface area contributed by atoms with E-state index in [1.54, 1.807) is 58.8 Å². The molecule has 254 valence electrons. The Bertz CT molecular complexity index is 1670. The minimum Gasteiger partial charge on any atom is -0.489 e. The molecule has 5 rings (SSSR count). The van der Waals surface area contributed by atoms with Gasteiger partial charge in [-0.25, -0.2) is 13.8 Å². The van der Waals surface area contributed by atoms with Gasteiger partial charge in [-0.1, -0.05) is 18.2 Å². The molecule has 0 spiro atoms. The van der Waals surface area contributed by atoms with E-state index >= 15 is 0 Å². The molecule has 0 radical (unpaired) electrons. The second-order valence-corrected chi connectivity index (χ2v) is 11.8. The number of carbonyl (C=O) groups excluding carboxylic acids is 3. The highest BCUT2D eigenvalue weighted by molar-refractivity contribution is 5.93. The first kappa shape index (κ1) is 34.5. The Morgan fingerprint density at radius 3 is 2.42 bits per heavy atom. The fraction of sp³-hybridized carbons (Fsp3) is 0.371. The summed E-state index contributed by atoms with van der Waals surface area (Å²) < 4.78 is 40.7. The summed E-state index contributed by atoms with van der Waals surface area (Å²) in [6.07, 6.45) is 3.10. The van der Waals surface area contributed by atoms with Gasteiger partial charge in [0.05, 0.1) is 25.2 Å². The van der Waals surface area contributed by atoms with Gasteiger partial charge in [-0.2, -0.15) is 0 Å². The average Bonchev–Trinajstić information content (AvgIpc) is 3.70. The number of ether oxygens (including phenoxy) is 2. The second kappa shape index (κ2) is 15.8. The third-order valence-corrected chi connectivity index (χ3v) is 8.42. The Hall–Kier alpha value is -4.88. The molecule has 1 aliphatic rings. The smallest absolute Gasteiger partial charge is 0.274 e. The fourth-order valence-corrected chi connectivity index (χ4v) is 5.83. The number of halogens is 2. The number of likely N-dealkylation sites (tertiary alicyclic amines) is 1. The van der Waals surface area contributed by atoms with Crippen molar-refractivity contribution in [3.8, 4) is 5.75 Å². The van der Waals surface area contributed by atoms with Crippen LogP contribution in [0, 0.1) is 11.6 Å². The minimum absolute atomic E-state index is 0.00459. The summed E-state index contributed by atoms with van der Waals surface area (Å²) in [6.45, 7) is 2.25. The van der Waals surface area contributed by atoms with Crippen molar-refractivity contribution in [1.29, 1.82) is 0 Å². The normalized spacial score (nSPS) is 17.2. The first-order valence-electron chi connectivity index (χ1n) is 15.8. The molecular formula is C35H40F2N6O5. The van der Waals surface area contributed by atoms with Crippen LogP contribution in [-0.4, -0.2) is 102 Å². The highest BCUT2D eigenvalue weighted by Gasteiger charge is 2.42. The zero-order valence-corrected chi connectivity index (χ0v) is 27.1. The summed E-state index contributed by atoms with van der Waals surface area (Å²) in [5.74, 6) is -1.42. The van der Waals surface area contributed by atoms with Crippen molar-refractivity contribution in [3.05, 3.63) is 102 Å². The number of aromatic nitrogens is 2. The SMILES string of the molecule is CNCC(=O)NC(C(=O)N1CC(Oc2ccc(F)cc2)CC1CN(CCc1ccc(F)cc1)C(=O)c1cn2ccccc2n1)C(C)OC. The van der Waals surface area contributed by atoms with E-state index in [1.165, 1.54) is 43.5 Å². The molecule has 4 aromatic rings. The Labute approximate surface area is 277 Å². The van der Waals surface area contributed by atoms with Crippen LogP contribution in [0.1, 0.15) is 29.4 Å². The van der Waals surface area contributed by atoms with Crippen LogP contribution in [0.15, 0.2) is 79.1 Å². The predicted molar refractivity (Wildman–Crippen MR) is 174 cm³/mol. The van der Waals surface area contributed by atoms with Gasteiger partial charge in [-0.05, 0) is 74.5 Å². The van der Waals surface area contributed by atoms with Crippen LogP contribution in [-0.2, 0) is 20.7 Å². The number of likely N-dealkylation sites (N-methyl/N-ethyl adjacent to an activating group) is 1. The van der Waals surface area contributed by atoms with E-state index in [0.717, 1.165) is 5.56 Å². The van der Waals surface area contributed by atoms with Gasteiger partial charge in [0.2, 0.25) is 11.8 Å². The Morgan fingerprint density at radius 2 is 1.75 bits per heavy atom. The van der Waals surface area contributed by atoms with Gasteiger partial charge < -0.3 is 34.3 Å². The van der Waals surface area contributed by atoms with Crippen molar-refractivity contribution in [2.24, 2.45) is 0 Å². The lowest BCUT2D eigenvalue weighted by Gasteiger charge is -2.34. The Morgan fingerprint density at radius 1 is 1.04 bits per heavy atom. The van der Waals surface area contributed by atoms with Crippen molar-refractivity contribution in [2.45, 2.75) is 44.1 Å². The monoisotopic (exact) mass is 662 g/mol. The lowest BCUT2D eigenvalue weighted by Crippen LogP contribution is -2.57. The number of fused-ring (bicyclic) bond motifs is 1. The maximum absolute atomic E-state index is 14.2. The molecule has 3 amide bonds. The first-order chi connectivity index (χ1) is 23.1. The summed E-state index contributed by atoms with van der Waals surface area (Å²) in [5.41, 5.74) is 1.68. The van der Waals surface area contributed by atoms with Gasteiger partial charge >= 0.3 is 0 Å². The molecule has 1 aliphatic heterocycles. The third-order valence-electron chi connectivity index (χ3n) is 8.42. The van der Waals surface area contributed by atoms with Gasteiger partial charge in [-0.15, -0.1) is 0 Å². The van der Waals surface area contributed by atoms with Crippen LogP contribution < -0.4 is 15.4 Å². The molecule has 13 heteroatoms. The van der Waals surface area contributed by atoms with Crippen LogP contribution in [0.2, 0.25) is 0 Å². The molecule has 0 saturated carbocycles. The number of amides is 3. The van der Waals surface area contributed by atoms with Gasteiger partial charge in [0.1, 0.15) is 40.9 Å². The van der Waals surface area contributed by atoms with Crippen LogP contribution in [0.5, 0.6) is 5.75 Å². The number of methoxy groups -OCH3 is 1. The molecule has 11 nitrogen and oxygen atoms in total. The van der Waals surface area contributed by atoms with Crippen LogP contribution in [0.3, 0.4) is 0 Å². The molecule has 4 unspecified atom stereocenters. The average molecular weight is 663 g/mol. The quantitative estimate of drug-likeness (QED) is 0.213. The third kappa shape index (κ3) is 8.52. The van der Waals surface area contributed by atoms with Crippen molar-refractivity contribution >= 4 is 23.4 Å². The Balaban J connectivity index is 1.45. The van der Waals surface area contributed by atoms with Gasteiger partial charge in [0.15, 0.2) is 0 Å². The minimum atomic E-state index is -1.01. The number of imidazole rings is 1. The molecule has 48 heavy (non-hydrogen) atoms. The van der Waals surface area contributed by atoms with E-state index in [4.69, 9.17) is 9.47 Å². The maximum atomic E-state index is 14.2. The number of hydrogen-bond donors (Lipinski definition) is 2. The molecular weight excluding hydrogens is 622 g/mol. The van der Waals surface area contributed by atoms with Crippen molar-refractivity contribution in [2.75, 3.05) is 40.3 Å². The number of nitrogens with zero attached hydrogens (tertiary/aromatic N) is 4. The predicted octanol–water partition coefficient (Wildman–Crippen LogP) is 3.09. The molecule has 2 N–H and O–H groups in total. The molecule has 3 heterocycles. The summed E-state index contributed by atoms with van der Waals surface area (Å²) >= 11 is 0. The first-order valence-corrected chi connectivity index (χ1v) is 15.8. The lowest BCUT2D eigenvalue weighted by molar-refractivity contribution is -0.141. The zero-order chi connectivity index (χ0) is 34.2. The van der Waals surface area contributed by atoms with Crippen LogP contribution >= 0.6 is 0 Å². The van der Waals surface area contributed by atoms with Crippen LogP contribution in [0.4, 0.5) is 8.78 Å². The zero-order valence-electron chi connectivity index (χ0n) is 27.1. The standard InChI is InChI=1S/C35H40F2N6O5/c1-23(47-3)33(40-32(44)19-38-2)35(46)43-21-29(48-28-13-11-26(37)12-14-28)18-27(43)20-42(17-15-24-7-9-25(36)10-8-24)34(45)30-22-41-16-5-4-6-31(41)39-30/h4-14,16,22-23,27,29,33,38H,15,17-21H2,1-3H3,(H,40,44). The largest absolute Gasteiger partial charge is 0.489 e. The number of pyridine rings is 1. The number of rotatable bonds is 14. The van der Waals surface area contributed by atoms with Crippen molar-refractivity contribution < 1.29 is 32.6 Å². The summed E-state index contributed by atoms with van der Waals surface area (Å²) in [7, 11) is 3.09. The molecule has 2 aromatic carbocycles. The van der Waals surface area contributed by atoms with E-state index in [2.05, 4.69) is 15.6 Å². The lowest BCUT2D eigenvalue weighted by atomic mass is 10.1. The Kier molecular flexibility index (Phi) is 11.3. The number of nitrogens with one attached hydrogen (secondary N) is 2. The van der Waals surface area contributed by atoms with Crippen molar-refractivity contribution in [3.63, 3.8) is 0 Å². The molecule has 4 atom stereocenters. The molecule has 1 saturated heterocycles. The number of hydrogen-bond acceptors (Lipinski definition) is 7. The molecule has 0 bridgehead atoms. The van der Waals surface area contributed by atoms with E-state index in [0.29, 0.717) is 24.2 Å². The highest BCUT2D eigenvalue weighted by Crippen LogP contribution is 2.26. The van der Waals surface area contributed by atoms with E-state index in [1.807, 2.05) is 12.1 Å². The van der Waals surface area contributed by atoms with E-state index < -0.39 is 30.1 Å². The van der Waals surface area contributed by atoms with Crippen molar-refractivity contribution in [1.82, 2.24) is 29.8 Å². The molecule has 0 aliphatic carbocycles. The van der Waals surface area contributed by atoms with E-state index in [9.17, 15) is 23.2 Å². The fourth-order valence-electron chi connectivity index (χ4n) is 5.83. The topological polar surface area (TPSA) is 118 Å². The number of benzene rings is 2. The summed E-state index contributed by atoms with van der Waals surface area (Å²) in [6, 6.07) is 15.7. The van der Waals surface area contributed by atoms with Gasteiger partial charge in [0, 0.05) is 39.0 Å². The van der Waals surface area contributed by atoms with Gasteiger partial charge in [0.25, 0.3) is 5.91 Å². The van der Waals surface area contributed by atoms with Gasteiger partial charge in [-0.3, -0.25) is 14.4 Å². The number of carbonyl (C=O) groups is 3. The second-order valence-electron chi connectivity index (χ2n) is 11.8. The summed E-state index contributed by atoms with van der Waals surface area (Å²) in [4.78, 5) is 48.7. The summed E-state index contributed by atoms with van der Waals surface area (Å²) in [5, 5.41) is 5.56. The maximum Gasteiger partial charge on any atom is 0.274 e. The highest BCUT2D eigenvalue weighted by atomic mass is 19.1.